The zero-order valence-corrected chi connectivity index (χ0v) is 7.82. The third kappa shape index (κ3) is 1.18. The van der Waals surface area contributed by atoms with Crippen molar-refractivity contribution in [3.05, 3.63) is 47.7 Å². The molecule has 0 fully saturated rings. The van der Waals surface area contributed by atoms with Crippen molar-refractivity contribution in [3.63, 3.8) is 0 Å². The Morgan fingerprint density at radius 1 is 1.29 bits per heavy atom. The van der Waals surface area contributed by atoms with Crippen LogP contribution in [0, 0.1) is 0 Å². The fraction of sp³-hybridized carbons (Fsp3) is 0.182. The number of hydrogen-bond donors (Lipinski definition) is 2. The number of carbonyl (C=O) groups excluding carboxylic acids is 1. The standard InChI is InChI=1S/C11H11NO2/c1-11(8-5-3-2-4-6-8)9(13)7-10(14)12-11/h2-7,13H,1H3,(H,12,14)/t11-/m0/s1. The summed E-state index contributed by atoms with van der Waals surface area (Å²) in [7, 11) is 0. The van der Waals surface area contributed by atoms with Crippen molar-refractivity contribution in [2.45, 2.75) is 12.5 Å². The van der Waals surface area contributed by atoms with Crippen LogP contribution in [0.1, 0.15) is 12.5 Å². The van der Waals surface area contributed by atoms with Gasteiger partial charge in [-0.3, -0.25) is 4.79 Å². The van der Waals surface area contributed by atoms with Crippen LogP contribution in [0.5, 0.6) is 0 Å². The van der Waals surface area contributed by atoms with E-state index in [1.54, 1.807) is 6.92 Å². The molecule has 3 nitrogen and oxygen atoms in total. The Balaban J connectivity index is 2.45. The molecule has 1 atom stereocenters. The Morgan fingerprint density at radius 2 is 1.93 bits per heavy atom. The van der Waals surface area contributed by atoms with Gasteiger partial charge in [0.1, 0.15) is 11.3 Å². The number of aliphatic hydroxyl groups excluding tert-OH is 1. The Kier molecular flexibility index (Phi) is 1.81. The number of benzene rings is 1. The summed E-state index contributed by atoms with van der Waals surface area (Å²) >= 11 is 0. The normalized spacial score (nSPS) is 25.8. The SMILES string of the molecule is C[C@@]1(c2ccccc2)NC(=O)C=C1O. The summed E-state index contributed by atoms with van der Waals surface area (Å²) in [6.07, 6.45) is 1.22. The maximum absolute atomic E-state index is 11.1. The van der Waals surface area contributed by atoms with Crippen LogP contribution < -0.4 is 5.32 Å². The van der Waals surface area contributed by atoms with Crippen LogP contribution in [-0.4, -0.2) is 11.0 Å². The summed E-state index contributed by atoms with van der Waals surface area (Å²) in [6, 6.07) is 9.38. The van der Waals surface area contributed by atoms with E-state index in [-0.39, 0.29) is 11.7 Å². The molecule has 1 aromatic rings. The van der Waals surface area contributed by atoms with E-state index >= 15 is 0 Å². The summed E-state index contributed by atoms with van der Waals surface area (Å²) in [4.78, 5) is 11.1. The van der Waals surface area contributed by atoms with Gasteiger partial charge in [-0.1, -0.05) is 30.3 Å². The lowest BCUT2D eigenvalue weighted by molar-refractivity contribution is -0.116. The van der Waals surface area contributed by atoms with Gasteiger partial charge in [-0.2, -0.15) is 0 Å². The van der Waals surface area contributed by atoms with Crippen LogP contribution in [-0.2, 0) is 10.3 Å². The number of amides is 1. The third-order valence-electron chi connectivity index (χ3n) is 2.50. The molecule has 72 valence electrons. The molecule has 1 aliphatic heterocycles. The van der Waals surface area contributed by atoms with E-state index in [4.69, 9.17) is 0 Å². The van der Waals surface area contributed by atoms with Gasteiger partial charge in [-0.05, 0) is 12.5 Å². The molecule has 14 heavy (non-hydrogen) atoms. The molecule has 2 rings (SSSR count). The molecule has 1 amide bonds. The number of carbonyl (C=O) groups is 1. The average Bonchev–Trinajstić information content (AvgIpc) is 2.43. The maximum atomic E-state index is 11.1. The highest BCUT2D eigenvalue weighted by Crippen LogP contribution is 2.30. The second-order valence-electron chi connectivity index (χ2n) is 3.51. The highest BCUT2D eigenvalue weighted by atomic mass is 16.3. The molecule has 1 aliphatic rings. The monoisotopic (exact) mass is 189 g/mol. The minimum atomic E-state index is -0.766. The number of aliphatic hydroxyl groups is 1. The van der Waals surface area contributed by atoms with Crippen molar-refractivity contribution in [3.8, 4) is 0 Å². The first-order valence-electron chi connectivity index (χ1n) is 4.42. The molecular formula is C11H11NO2. The molecular weight excluding hydrogens is 178 g/mol. The summed E-state index contributed by atoms with van der Waals surface area (Å²) in [6.45, 7) is 1.78. The third-order valence-corrected chi connectivity index (χ3v) is 2.50. The molecule has 1 heterocycles. The molecule has 0 saturated heterocycles. The van der Waals surface area contributed by atoms with Crippen molar-refractivity contribution >= 4 is 5.91 Å². The Labute approximate surface area is 82.1 Å². The quantitative estimate of drug-likeness (QED) is 0.702. The van der Waals surface area contributed by atoms with Crippen LogP contribution in [0.25, 0.3) is 0 Å². The van der Waals surface area contributed by atoms with E-state index < -0.39 is 5.54 Å². The van der Waals surface area contributed by atoms with Crippen molar-refractivity contribution in [1.29, 1.82) is 0 Å². The molecule has 0 aromatic heterocycles. The van der Waals surface area contributed by atoms with Gasteiger partial charge in [0, 0.05) is 6.08 Å². The Bertz CT molecular complexity index is 397. The maximum Gasteiger partial charge on any atom is 0.248 e. The van der Waals surface area contributed by atoms with Gasteiger partial charge < -0.3 is 10.4 Å². The minimum absolute atomic E-state index is 0.0636. The predicted octanol–water partition coefficient (Wildman–Crippen LogP) is 1.47. The molecule has 0 bridgehead atoms. The first-order valence-corrected chi connectivity index (χ1v) is 4.42. The van der Waals surface area contributed by atoms with Gasteiger partial charge >= 0.3 is 0 Å². The van der Waals surface area contributed by atoms with Gasteiger partial charge in [0.2, 0.25) is 5.91 Å². The van der Waals surface area contributed by atoms with Gasteiger partial charge in [0.15, 0.2) is 0 Å². The molecule has 1 aromatic carbocycles. The van der Waals surface area contributed by atoms with E-state index in [0.717, 1.165) is 5.56 Å². The Hall–Kier alpha value is -1.77. The van der Waals surface area contributed by atoms with Gasteiger partial charge in [0.25, 0.3) is 0 Å². The summed E-state index contributed by atoms with van der Waals surface area (Å²) < 4.78 is 0. The number of hydrogen-bond acceptors (Lipinski definition) is 2. The lowest BCUT2D eigenvalue weighted by Crippen LogP contribution is -2.38. The second-order valence-corrected chi connectivity index (χ2v) is 3.51. The predicted molar refractivity (Wildman–Crippen MR) is 52.6 cm³/mol. The van der Waals surface area contributed by atoms with Crippen LogP contribution in [0.15, 0.2) is 42.2 Å². The largest absolute Gasteiger partial charge is 0.509 e. The summed E-state index contributed by atoms with van der Waals surface area (Å²) in [5.74, 6) is -0.192. The van der Waals surface area contributed by atoms with E-state index in [0.29, 0.717) is 0 Å². The van der Waals surface area contributed by atoms with Gasteiger partial charge in [0.05, 0.1) is 0 Å². The highest BCUT2D eigenvalue weighted by molar-refractivity contribution is 5.92. The number of nitrogens with one attached hydrogen (secondary N) is 1. The van der Waals surface area contributed by atoms with Gasteiger partial charge in [-0.15, -0.1) is 0 Å². The van der Waals surface area contributed by atoms with Gasteiger partial charge in [-0.25, -0.2) is 0 Å². The molecule has 3 heteroatoms. The topological polar surface area (TPSA) is 49.3 Å². The first-order chi connectivity index (χ1) is 6.63. The van der Waals surface area contributed by atoms with E-state index in [9.17, 15) is 9.90 Å². The smallest absolute Gasteiger partial charge is 0.248 e. The molecule has 0 aliphatic carbocycles. The van der Waals surface area contributed by atoms with Crippen LogP contribution in [0.4, 0.5) is 0 Å². The van der Waals surface area contributed by atoms with E-state index in [2.05, 4.69) is 5.32 Å². The molecule has 0 radical (unpaired) electrons. The van der Waals surface area contributed by atoms with E-state index in [1.807, 2.05) is 30.3 Å². The second kappa shape index (κ2) is 2.87. The van der Waals surface area contributed by atoms with Crippen molar-refractivity contribution in [2.24, 2.45) is 0 Å². The lowest BCUT2D eigenvalue weighted by atomic mass is 9.92. The zero-order chi connectivity index (χ0) is 10.2. The fourth-order valence-corrected chi connectivity index (χ4v) is 1.61. The molecule has 0 saturated carbocycles. The fourth-order valence-electron chi connectivity index (χ4n) is 1.61. The van der Waals surface area contributed by atoms with Crippen molar-refractivity contribution in [2.75, 3.05) is 0 Å². The first kappa shape index (κ1) is 8.81. The van der Waals surface area contributed by atoms with Crippen LogP contribution in [0.2, 0.25) is 0 Å². The molecule has 0 spiro atoms. The zero-order valence-electron chi connectivity index (χ0n) is 7.82. The molecule has 2 N–H and O–H groups in total. The molecule has 0 unspecified atom stereocenters. The number of rotatable bonds is 1. The van der Waals surface area contributed by atoms with Crippen LogP contribution in [0.3, 0.4) is 0 Å². The minimum Gasteiger partial charge on any atom is -0.509 e. The Morgan fingerprint density at radius 3 is 2.43 bits per heavy atom. The lowest BCUT2D eigenvalue weighted by Gasteiger charge is -2.25. The van der Waals surface area contributed by atoms with Crippen molar-refractivity contribution < 1.29 is 9.90 Å². The summed E-state index contributed by atoms with van der Waals surface area (Å²) in [5, 5.41) is 12.4. The van der Waals surface area contributed by atoms with Crippen LogP contribution >= 0.6 is 0 Å². The van der Waals surface area contributed by atoms with E-state index in [1.165, 1.54) is 6.08 Å². The van der Waals surface area contributed by atoms with Crippen molar-refractivity contribution in [1.82, 2.24) is 5.32 Å². The average molecular weight is 189 g/mol. The highest BCUT2D eigenvalue weighted by Gasteiger charge is 2.37. The summed E-state index contributed by atoms with van der Waals surface area (Å²) in [5.41, 5.74) is 0.109.